The van der Waals surface area contributed by atoms with Gasteiger partial charge in [0.15, 0.2) is 0 Å². The van der Waals surface area contributed by atoms with Crippen molar-refractivity contribution in [3.05, 3.63) is 62.7 Å². The summed E-state index contributed by atoms with van der Waals surface area (Å²) in [6, 6.07) is 15.4. The number of halogens is 1. The van der Waals surface area contributed by atoms with Crippen LogP contribution in [0.15, 0.2) is 42.5 Å². The van der Waals surface area contributed by atoms with E-state index in [1.54, 1.807) is 0 Å². The first kappa shape index (κ1) is 17.3. The van der Waals surface area contributed by atoms with Crippen molar-refractivity contribution in [3.8, 4) is 0 Å². The number of hydrogen-bond acceptors (Lipinski definition) is 3. The van der Waals surface area contributed by atoms with Crippen molar-refractivity contribution >= 4 is 28.3 Å². The fourth-order valence-electron chi connectivity index (χ4n) is 4.31. The van der Waals surface area contributed by atoms with Gasteiger partial charge >= 0.3 is 0 Å². The molecule has 4 rings (SSSR count). The summed E-state index contributed by atoms with van der Waals surface area (Å²) >= 11 is 2.44. The standard InChI is InChI=1S/C21H25IN2O/c1-15-5-2-3-8-19(15)23-9-11-24(12-10-23)20-14-17-16(13-21(20)25)6-4-7-18(17)22/h2-8,20-21,25H,9-14H2,1H3. The van der Waals surface area contributed by atoms with Crippen molar-refractivity contribution < 1.29 is 5.11 Å². The molecule has 2 aromatic rings. The highest BCUT2D eigenvalue weighted by atomic mass is 127. The van der Waals surface area contributed by atoms with Gasteiger partial charge in [-0.25, -0.2) is 0 Å². The molecular formula is C21H25IN2O. The summed E-state index contributed by atoms with van der Waals surface area (Å²) in [4.78, 5) is 4.99. The first-order valence-electron chi connectivity index (χ1n) is 9.12. The molecular weight excluding hydrogens is 423 g/mol. The van der Waals surface area contributed by atoms with Gasteiger partial charge in [0.25, 0.3) is 0 Å². The van der Waals surface area contributed by atoms with Crippen LogP contribution in [0.2, 0.25) is 0 Å². The van der Waals surface area contributed by atoms with Crippen molar-refractivity contribution in [1.82, 2.24) is 4.90 Å². The molecule has 1 heterocycles. The van der Waals surface area contributed by atoms with Gasteiger partial charge in [0.1, 0.15) is 0 Å². The molecule has 1 saturated heterocycles. The molecule has 0 amide bonds. The van der Waals surface area contributed by atoms with Crippen molar-refractivity contribution in [2.75, 3.05) is 31.1 Å². The number of hydrogen-bond donors (Lipinski definition) is 1. The molecule has 2 aliphatic rings. The summed E-state index contributed by atoms with van der Waals surface area (Å²) in [5.74, 6) is 0. The van der Waals surface area contributed by atoms with Crippen molar-refractivity contribution in [1.29, 1.82) is 0 Å². The number of rotatable bonds is 2. The largest absolute Gasteiger partial charge is 0.391 e. The number of aliphatic hydroxyl groups is 1. The zero-order chi connectivity index (χ0) is 17.4. The van der Waals surface area contributed by atoms with Crippen LogP contribution in [0.5, 0.6) is 0 Å². The van der Waals surface area contributed by atoms with Gasteiger partial charge in [0.05, 0.1) is 6.10 Å². The maximum Gasteiger partial charge on any atom is 0.0739 e. The van der Waals surface area contributed by atoms with Crippen LogP contribution in [-0.2, 0) is 12.8 Å². The molecule has 0 saturated carbocycles. The minimum atomic E-state index is -0.254. The van der Waals surface area contributed by atoms with E-state index in [1.165, 1.54) is 25.9 Å². The Kier molecular flexibility index (Phi) is 5.02. The predicted octanol–water partition coefficient (Wildman–Crippen LogP) is 3.25. The second kappa shape index (κ2) is 7.25. The molecule has 1 aliphatic carbocycles. The lowest BCUT2D eigenvalue weighted by Gasteiger charge is -2.44. The highest BCUT2D eigenvalue weighted by Gasteiger charge is 2.34. The summed E-state index contributed by atoms with van der Waals surface area (Å²) in [7, 11) is 0. The summed E-state index contributed by atoms with van der Waals surface area (Å²) in [5, 5.41) is 10.7. The average Bonchev–Trinajstić information content (AvgIpc) is 2.62. The highest BCUT2D eigenvalue weighted by molar-refractivity contribution is 14.1. The molecule has 25 heavy (non-hydrogen) atoms. The summed E-state index contributed by atoms with van der Waals surface area (Å²) in [5.41, 5.74) is 5.47. The van der Waals surface area contributed by atoms with Gasteiger partial charge in [0, 0.05) is 47.9 Å². The number of piperazine rings is 1. The van der Waals surface area contributed by atoms with Crippen molar-refractivity contribution in [2.24, 2.45) is 0 Å². The Labute approximate surface area is 163 Å². The van der Waals surface area contributed by atoms with Crippen LogP contribution in [0.4, 0.5) is 5.69 Å². The zero-order valence-electron chi connectivity index (χ0n) is 14.7. The number of benzene rings is 2. The first-order chi connectivity index (χ1) is 12.1. The monoisotopic (exact) mass is 448 g/mol. The molecule has 0 radical (unpaired) electrons. The van der Waals surface area contributed by atoms with Gasteiger partial charge in [-0.05, 0) is 64.8 Å². The van der Waals surface area contributed by atoms with Crippen LogP contribution < -0.4 is 4.90 Å². The van der Waals surface area contributed by atoms with E-state index in [1.807, 2.05) is 0 Å². The third-order valence-corrected chi connectivity index (χ3v) is 6.75. The van der Waals surface area contributed by atoms with Gasteiger partial charge < -0.3 is 10.0 Å². The summed E-state index contributed by atoms with van der Waals surface area (Å²) in [6.45, 7) is 6.30. The van der Waals surface area contributed by atoms with Crippen molar-refractivity contribution in [2.45, 2.75) is 31.9 Å². The Morgan fingerprint density at radius 2 is 1.72 bits per heavy atom. The van der Waals surface area contributed by atoms with Crippen molar-refractivity contribution in [3.63, 3.8) is 0 Å². The number of fused-ring (bicyclic) bond motifs is 1. The summed E-state index contributed by atoms with van der Waals surface area (Å²) in [6.07, 6.45) is 1.50. The molecule has 0 aromatic heterocycles. The van der Waals surface area contributed by atoms with Crippen LogP contribution >= 0.6 is 22.6 Å². The first-order valence-corrected chi connectivity index (χ1v) is 10.2. The van der Waals surface area contributed by atoms with Gasteiger partial charge in [0.2, 0.25) is 0 Å². The Balaban J connectivity index is 1.46. The van der Waals surface area contributed by atoms with Crippen LogP contribution in [0.25, 0.3) is 0 Å². The minimum absolute atomic E-state index is 0.252. The molecule has 4 heteroatoms. The molecule has 0 bridgehead atoms. The quantitative estimate of drug-likeness (QED) is 0.715. The van der Waals surface area contributed by atoms with E-state index >= 15 is 0 Å². The lowest BCUT2D eigenvalue weighted by atomic mass is 9.85. The average molecular weight is 448 g/mol. The third kappa shape index (κ3) is 3.44. The fraction of sp³-hybridized carbons (Fsp3) is 0.429. The van der Waals surface area contributed by atoms with Crippen LogP contribution in [0, 0.1) is 10.5 Å². The number of aryl methyl sites for hydroxylation is 1. The van der Waals surface area contributed by atoms with E-state index in [-0.39, 0.29) is 12.1 Å². The Bertz CT molecular complexity index is 755. The molecule has 132 valence electrons. The smallest absolute Gasteiger partial charge is 0.0739 e. The minimum Gasteiger partial charge on any atom is -0.391 e. The van der Waals surface area contributed by atoms with Crippen LogP contribution in [-0.4, -0.2) is 48.3 Å². The van der Waals surface area contributed by atoms with Crippen LogP contribution in [0.3, 0.4) is 0 Å². The Morgan fingerprint density at radius 3 is 2.48 bits per heavy atom. The number of anilines is 1. The Hall–Kier alpha value is -1.11. The van der Waals surface area contributed by atoms with Gasteiger partial charge in [-0.15, -0.1) is 0 Å². The maximum atomic E-state index is 10.7. The van der Waals surface area contributed by atoms with E-state index < -0.39 is 0 Å². The molecule has 0 spiro atoms. The van der Waals surface area contributed by atoms with E-state index in [0.29, 0.717) is 0 Å². The number of nitrogens with zero attached hydrogens (tertiary/aromatic N) is 2. The molecule has 2 aromatic carbocycles. The lowest BCUT2D eigenvalue weighted by Crippen LogP contribution is -2.56. The normalized spacial score (nSPS) is 24.2. The van der Waals surface area contributed by atoms with E-state index in [4.69, 9.17) is 0 Å². The second-order valence-electron chi connectivity index (χ2n) is 7.23. The topological polar surface area (TPSA) is 26.7 Å². The molecule has 1 N–H and O–H groups in total. The summed E-state index contributed by atoms with van der Waals surface area (Å²) < 4.78 is 1.34. The van der Waals surface area contributed by atoms with E-state index in [2.05, 4.69) is 81.8 Å². The van der Waals surface area contributed by atoms with Crippen LogP contribution in [0.1, 0.15) is 16.7 Å². The SMILES string of the molecule is Cc1ccccc1N1CCN(C2Cc3c(I)cccc3CC2O)CC1. The predicted molar refractivity (Wildman–Crippen MR) is 111 cm³/mol. The molecule has 1 fully saturated rings. The lowest BCUT2D eigenvalue weighted by molar-refractivity contribution is 0.0393. The second-order valence-corrected chi connectivity index (χ2v) is 8.39. The van der Waals surface area contributed by atoms with Gasteiger partial charge in [-0.2, -0.15) is 0 Å². The number of para-hydroxylation sites is 1. The molecule has 2 atom stereocenters. The molecule has 2 unspecified atom stereocenters. The molecule has 1 aliphatic heterocycles. The molecule has 3 nitrogen and oxygen atoms in total. The van der Waals surface area contributed by atoms with Gasteiger partial charge in [-0.1, -0.05) is 30.3 Å². The highest BCUT2D eigenvalue weighted by Crippen LogP contribution is 2.30. The number of aliphatic hydroxyl groups excluding tert-OH is 1. The fourth-order valence-corrected chi connectivity index (χ4v) is 5.09. The zero-order valence-corrected chi connectivity index (χ0v) is 16.8. The van der Waals surface area contributed by atoms with E-state index in [0.717, 1.165) is 39.0 Å². The maximum absolute atomic E-state index is 10.7. The Morgan fingerprint density at radius 1 is 0.960 bits per heavy atom. The third-order valence-electron chi connectivity index (χ3n) is 5.74. The van der Waals surface area contributed by atoms with Gasteiger partial charge in [-0.3, -0.25) is 4.90 Å². The van der Waals surface area contributed by atoms with E-state index in [9.17, 15) is 5.11 Å².